The van der Waals surface area contributed by atoms with Gasteiger partial charge in [-0.15, -0.1) is 0 Å². The second-order valence-corrected chi connectivity index (χ2v) is 2.71. The van der Waals surface area contributed by atoms with Crippen molar-refractivity contribution in [1.29, 1.82) is 0 Å². The fourth-order valence-electron chi connectivity index (χ4n) is 1.10. The molecule has 0 unspecified atom stereocenters. The monoisotopic (exact) mass is 154 g/mol. The van der Waals surface area contributed by atoms with Crippen molar-refractivity contribution in [1.82, 2.24) is 0 Å². The summed E-state index contributed by atoms with van der Waals surface area (Å²) in [5.74, 6) is 0. The molecule has 3 nitrogen and oxygen atoms in total. The Labute approximate surface area is 66.6 Å². The molecule has 0 fully saturated rings. The molecule has 0 aromatic heterocycles. The molecule has 0 aromatic carbocycles. The van der Waals surface area contributed by atoms with Gasteiger partial charge in [0.2, 0.25) is 0 Å². The van der Waals surface area contributed by atoms with Crippen molar-refractivity contribution in [2.45, 2.75) is 19.3 Å². The normalized spacial score (nSPS) is 19.7. The van der Waals surface area contributed by atoms with Crippen LogP contribution in [0.1, 0.15) is 19.3 Å². The van der Waals surface area contributed by atoms with Gasteiger partial charge in [0.1, 0.15) is 0 Å². The van der Waals surface area contributed by atoms with Gasteiger partial charge in [0.05, 0.1) is 6.61 Å². The van der Waals surface area contributed by atoms with Crippen molar-refractivity contribution in [3.8, 4) is 0 Å². The molecule has 1 aliphatic heterocycles. The van der Waals surface area contributed by atoms with Crippen molar-refractivity contribution >= 4 is 5.71 Å². The van der Waals surface area contributed by atoms with Crippen LogP contribution in [0, 0.1) is 0 Å². The molecule has 0 aromatic rings. The summed E-state index contributed by atoms with van der Waals surface area (Å²) in [6.45, 7) is 0.837. The Morgan fingerprint density at radius 2 is 2.45 bits per heavy atom. The Hall–Kier alpha value is -0.830. The quantitative estimate of drug-likeness (QED) is 0.606. The first-order valence-corrected chi connectivity index (χ1v) is 3.93. The maximum atomic E-state index is 8.62. The first-order valence-electron chi connectivity index (χ1n) is 3.93. The van der Waals surface area contributed by atoms with Crippen molar-refractivity contribution in [3.63, 3.8) is 0 Å². The fraction of sp³-hybridized carbons (Fsp3) is 0.625. The molecular formula is C8H14N2O. The van der Waals surface area contributed by atoms with E-state index in [-0.39, 0.29) is 6.61 Å². The van der Waals surface area contributed by atoms with E-state index in [2.05, 4.69) is 4.99 Å². The summed E-state index contributed by atoms with van der Waals surface area (Å²) in [6.07, 6.45) is 5.14. The van der Waals surface area contributed by atoms with Gasteiger partial charge in [0.15, 0.2) is 0 Å². The molecule has 62 valence electrons. The minimum absolute atomic E-state index is 0.0704. The third kappa shape index (κ3) is 2.72. The lowest BCUT2D eigenvalue weighted by Gasteiger charge is -2.08. The molecule has 0 radical (unpaired) electrons. The maximum Gasteiger partial charge on any atom is 0.0826 e. The number of allylic oxidation sites excluding steroid dienone is 1. The summed E-state index contributed by atoms with van der Waals surface area (Å²) in [5.41, 5.74) is 6.97. The van der Waals surface area contributed by atoms with E-state index in [1.165, 1.54) is 12.8 Å². The molecule has 0 saturated heterocycles. The van der Waals surface area contributed by atoms with Gasteiger partial charge in [-0.2, -0.15) is 0 Å². The van der Waals surface area contributed by atoms with Crippen LogP contribution in [0.15, 0.2) is 16.8 Å². The highest BCUT2D eigenvalue weighted by Crippen LogP contribution is 2.06. The molecule has 0 bridgehead atoms. The summed E-state index contributed by atoms with van der Waals surface area (Å²) in [5, 5.41) is 8.62. The van der Waals surface area contributed by atoms with Crippen molar-refractivity contribution in [2.75, 3.05) is 13.2 Å². The van der Waals surface area contributed by atoms with Gasteiger partial charge in [0, 0.05) is 18.0 Å². The predicted molar refractivity (Wildman–Crippen MR) is 45.5 cm³/mol. The van der Waals surface area contributed by atoms with Crippen LogP contribution in [0.3, 0.4) is 0 Å². The number of aliphatic imine (C=N–C) groups is 1. The van der Waals surface area contributed by atoms with Gasteiger partial charge >= 0.3 is 0 Å². The number of rotatable bonds is 2. The van der Waals surface area contributed by atoms with Crippen LogP contribution >= 0.6 is 0 Å². The van der Waals surface area contributed by atoms with Crippen LogP contribution in [0.4, 0.5) is 0 Å². The Bertz CT molecular complexity index is 185. The summed E-state index contributed by atoms with van der Waals surface area (Å²) in [4.78, 5) is 4.27. The summed E-state index contributed by atoms with van der Waals surface area (Å²) < 4.78 is 0. The first kappa shape index (κ1) is 8.27. The van der Waals surface area contributed by atoms with Crippen LogP contribution in [0.25, 0.3) is 0 Å². The minimum Gasteiger partial charge on any atom is -0.400 e. The highest BCUT2D eigenvalue weighted by Gasteiger charge is 2.01. The Morgan fingerprint density at radius 1 is 1.64 bits per heavy atom. The maximum absolute atomic E-state index is 8.62. The highest BCUT2D eigenvalue weighted by atomic mass is 16.3. The third-order valence-corrected chi connectivity index (χ3v) is 1.69. The zero-order chi connectivity index (χ0) is 8.10. The molecule has 3 heteroatoms. The average molecular weight is 154 g/mol. The van der Waals surface area contributed by atoms with E-state index in [9.17, 15) is 0 Å². The topological polar surface area (TPSA) is 58.6 Å². The fourth-order valence-corrected chi connectivity index (χ4v) is 1.10. The lowest BCUT2D eigenvalue weighted by atomic mass is 10.1. The summed E-state index contributed by atoms with van der Waals surface area (Å²) in [7, 11) is 0. The van der Waals surface area contributed by atoms with Gasteiger partial charge in [-0.05, 0) is 25.3 Å². The number of nitrogens with zero attached hydrogens (tertiary/aromatic N) is 1. The average Bonchev–Trinajstić information content (AvgIpc) is 2.06. The van der Waals surface area contributed by atoms with Gasteiger partial charge in [-0.3, -0.25) is 4.99 Å². The Kier molecular flexibility index (Phi) is 3.11. The number of aliphatic hydroxyl groups excluding tert-OH is 1. The number of hydrogen-bond acceptors (Lipinski definition) is 3. The molecule has 0 saturated carbocycles. The van der Waals surface area contributed by atoms with Crippen LogP contribution in [0.5, 0.6) is 0 Å². The summed E-state index contributed by atoms with van der Waals surface area (Å²) >= 11 is 0. The molecule has 1 aliphatic rings. The van der Waals surface area contributed by atoms with Crippen LogP contribution in [-0.4, -0.2) is 24.0 Å². The van der Waals surface area contributed by atoms with Crippen molar-refractivity contribution < 1.29 is 5.11 Å². The summed E-state index contributed by atoms with van der Waals surface area (Å²) in [6, 6.07) is 0. The highest BCUT2D eigenvalue weighted by molar-refractivity contribution is 5.95. The number of hydrogen-bond donors (Lipinski definition) is 2. The van der Waals surface area contributed by atoms with Gasteiger partial charge < -0.3 is 10.8 Å². The number of nitrogens with two attached hydrogens (primary N) is 1. The Morgan fingerprint density at radius 3 is 3.00 bits per heavy atom. The molecular weight excluding hydrogens is 140 g/mol. The Balaban J connectivity index is 2.53. The van der Waals surface area contributed by atoms with E-state index >= 15 is 0 Å². The number of aliphatic hydroxyl groups is 1. The molecule has 0 atom stereocenters. The zero-order valence-electron chi connectivity index (χ0n) is 6.58. The molecule has 3 N–H and O–H groups in total. The van der Waals surface area contributed by atoms with E-state index in [1.54, 1.807) is 6.08 Å². The molecule has 0 aliphatic carbocycles. The predicted octanol–water partition coefficient (Wildman–Crippen LogP) is 0.446. The van der Waals surface area contributed by atoms with Crippen molar-refractivity contribution in [2.24, 2.45) is 10.7 Å². The van der Waals surface area contributed by atoms with Crippen LogP contribution < -0.4 is 5.73 Å². The molecule has 0 amide bonds. The second-order valence-electron chi connectivity index (χ2n) is 2.71. The minimum atomic E-state index is -0.0704. The zero-order valence-corrected chi connectivity index (χ0v) is 6.58. The van der Waals surface area contributed by atoms with E-state index in [0.717, 1.165) is 18.7 Å². The molecule has 1 rings (SSSR count). The largest absolute Gasteiger partial charge is 0.400 e. The lowest BCUT2D eigenvalue weighted by Crippen LogP contribution is -2.09. The molecule has 11 heavy (non-hydrogen) atoms. The van der Waals surface area contributed by atoms with E-state index in [0.29, 0.717) is 5.70 Å². The van der Waals surface area contributed by atoms with E-state index < -0.39 is 0 Å². The first-order chi connectivity index (χ1) is 5.33. The van der Waals surface area contributed by atoms with Crippen LogP contribution in [0.2, 0.25) is 0 Å². The standard InChI is InChI=1S/C8H14N2O/c9-7(6-11)5-8-3-1-2-4-10-8/h5,11H,1-4,6,9H2. The van der Waals surface area contributed by atoms with Crippen LogP contribution in [-0.2, 0) is 0 Å². The molecule has 1 heterocycles. The van der Waals surface area contributed by atoms with Crippen molar-refractivity contribution in [3.05, 3.63) is 11.8 Å². The lowest BCUT2D eigenvalue weighted by molar-refractivity contribution is 0.330. The third-order valence-electron chi connectivity index (χ3n) is 1.69. The van der Waals surface area contributed by atoms with E-state index in [4.69, 9.17) is 10.8 Å². The van der Waals surface area contributed by atoms with Gasteiger partial charge in [0.25, 0.3) is 0 Å². The second kappa shape index (κ2) is 4.13. The van der Waals surface area contributed by atoms with E-state index in [1.807, 2.05) is 0 Å². The van der Waals surface area contributed by atoms with Gasteiger partial charge in [-0.1, -0.05) is 0 Å². The smallest absolute Gasteiger partial charge is 0.0826 e. The SMILES string of the molecule is NC(=CC1=NCCCC1)CO. The molecule has 0 spiro atoms. The van der Waals surface area contributed by atoms with Gasteiger partial charge in [-0.25, -0.2) is 0 Å².